The van der Waals surface area contributed by atoms with E-state index in [2.05, 4.69) is 87.5 Å². The number of hydrogen-bond acceptors (Lipinski definition) is 0. The first kappa shape index (κ1) is 15.6. The normalized spacial score (nSPS) is 26.3. The van der Waals surface area contributed by atoms with E-state index in [1.165, 1.54) is 51.0 Å². The Bertz CT molecular complexity index is 1050. The van der Waals surface area contributed by atoms with E-state index < -0.39 is 0 Å². The van der Waals surface area contributed by atoms with Crippen LogP contribution in [0.15, 0.2) is 83.5 Å². The fourth-order valence-electron chi connectivity index (χ4n) is 5.50. The summed E-state index contributed by atoms with van der Waals surface area (Å²) >= 11 is 0. The fraction of sp³-hybridized carbons (Fsp3) is 0.231. The first-order chi connectivity index (χ1) is 12.7. The Hall–Kier alpha value is -2.60. The zero-order chi connectivity index (χ0) is 17.9. The number of fused-ring (bicyclic) bond motifs is 6. The molecule has 2 aromatic carbocycles. The van der Waals surface area contributed by atoms with Crippen molar-refractivity contribution in [1.29, 1.82) is 0 Å². The third kappa shape index (κ3) is 1.70. The fourth-order valence-corrected chi connectivity index (χ4v) is 5.50. The summed E-state index contributed by atoms with van der Waals surface area (Å²) in [4.78, 5) is 0. The molecule has 0 aromatic heterocycles. The van der Waals surface area contributed by atoms with E-state index in [0.29, 0.717) is 0 Å². The van der Waals surface area contributed by atoms with Gasteiger partial charge in [0.25, 0.3) is 0 Å². The molecule has 0 radical (unpaired) electrons. The van der Waals surface area contributed by atoms with E-state index in [-0.39, 0.29) is 5.41 Å². The predicted octanol–water partition coefficient (Wildman–Crippen LogP) is 6.84. The first-order valence-corrected chi connectivity index (χ1v) is 9.67. The molecule has 3 aliphatic carbocycles. The molecule has 0 saturated carbocycles. The molecule has 1 unspecified atom stereocenters. The van der Waals surface area contributed by atoms with Gasteiger partial charge in [0.1, 0.15) is 0 Å². The Labute approximate surface area is 156 Å². The van der Waals surface area contributed by atoms with Gasteiger partial charge in [-0.1, -0.05) is 72.3 Å². The van der Waals surface area contributed by atoms with Gasteiger partial charge < -0.3 is 0 Å². The molecule has 0 bridgehead atoms. The van der Waals surface area contributed by atoms with Crippen molar-refractivity contribution in [3.05, 3.63) is 106 Å². The Morgan fingerprint density at radius 3 is 2.15 bits per heavy atom. The smallest absolute Gasteiger partial charge is 0.0719 e. The van der Waals surface area contributed by atoms with E-state index in [9.17, 15) is 0 Å². The highest BCUT2D eigenvalue weighted by Gasteiger charge is 2.53. The number of rotatable bonds is 0. The van der Waals surface area contributed by atoms with Crippen molar-refractivity contribution in [3.63, 3.8) is 0 Å². The van der Waals surface area contributed by atoms with Gasteiger partial charge in [-0.25, -0.2) is 0 Å². The summed E-state index contributed by atoms with van der Waals surface area (Å²) < 4.78 is 0. The Morgan fingerprint density at radius 2 is 1.46 bits per heavy atom. The molecule has 26 heavy (non-hydrogen) atoms. The van der Waals surface area contributed by atoms with Gasteiger partial charge in [-0.2, -0.15) is 0 Å². The lowest BCUT2D eigenvalue weighted by atomic mass is 9.68. The SMILES string of the molecule is C/C=C1\C(=C/C)C2(C3=C(CCC(C)=C3)c3ccccc32)c2ccccc21. The minimum Gasteiger partial charge on any atom is -0.0822 e. The Balaban J connectivity index is 1.98. The van der Waals surface area contributed by atoms with Crippen LogP contribution in [0, 0.1) is 0 Å². The van der Waals surface area contributed by atoms with Crippen molar-refractivity contribution in [2.75, 3.05) is 0 Å². The van der Waals surface area contributed by atoms with Gasteiger partial charge in [-0.15, -0.1) is 0 Å². The molecule has 128 valence electrons. The highest BCUT2D eigenvalue weighted by atomic mass is 14.5. The maximum atomic E-state index is 2.48. The molecular formula is C26H24. The zero-order valence-electron chi connectivity index (χ0n) is 15.8. The standard InChI is InChI=1S/C26H24/c1-4-18-19-10-6-8-12-23(19)26(22(18)5-2)24-13-9-7-11-20(24)21-15-14-17(3)16-25(21)26/h4-13,16H,14-15H2,1-3H3/b18-4-,22-5+. The van der Waals surface area contributed by atoms with Crippen LogP contribution in [0.5, 0.6) is 0 Å². The van der Waals surface area contributed by atoms with Crippen molar-refractivity contribution in [1.82, 2.24) is 0 Å². The quantitative estimate of drug-likeness (QED) is 0.494. The molecule has 0 N–H and O–H groups in total. The largest absolute Gasteiger partial charge is 0.0822 e. The van der Waals surface area contributed by atoms with Crippen LogP contribution in [0.25, 0.3) is 11.1 Å². The summed E-state index contributed by atoms with van der Waals surface area (Å²) in [5.74, 6) is 0. The van der Waals surface area contributed by atoms with Crippen molar-refractivity contribution >= 4 is 11.1 Å². The lowest BCUT2D eigenvalue weighted by Crippen LogP contribution is -2.27. The molecule has 1 atom stereocenters. The maximum absolute atomic E-state index is 2.48. The molecule has 1 spiro atoms. The molecule has 3 aliphatic rings. The molecule has 0 aliphatic heterocycles. The van der Waals surface area contributed by atoms with Gasteiger partial charge in [-0.05, 0) is 78.2 Å². The van der Waals surface area contributed by atoms with Crippen LogP contribution < -0.4 is 0 Å². The average molecular weight is 336 g/mol. The van der Waals surface area contributed by atoms with Gasteiger partial charge in [0.15, 0.2) is 0 Å². The summed E-state index contributed by atoms with van der Waals surface area (Å²) in [7, 11) is 0. The average Bonchev–Trinajstić information content (AvgIpc) is 3.13. The highest BCUT2D eigenvalue weighted by molar-refractivity contribution is 6.00. The summed E-state index contributed by atoms with van der Waals surface area (Å²) in [6, 6.07) is 18.1. The third-order valence-corrected chi connectivity index (χ3v) is 6.44. The summed E-state index contributed by atoms with van der Waals surface area (Å²) in [6.45, 7) is 6.66. The monoisotopic (exact) mass is 336 g/mol. The molecule has 2 aromatic rings. The van der Waals surface area contributed by atoms with Gasteiger partial charge in [0.2, 0.25) is 0 Å². The second-order valence-electron chi connectivity index (χ2n) is 7.63. The molecule has 0 heterocycles. The molecule has 5 rings (SSSR count). The van der Waals surface area contributed by atoms with E-state index in [1.54, 1.807) is 5.57 Å². The van der Waals surface area contributed by atoms with E-state index >= 15 is 0 Å². The van der Waals surface area contributed by atoms with Crippen LogP contribution >= 0.6 is 0 Å². The van der Waals surface area contributed by atoms with Crippen molar-refractivity contribution in [3.8, 4) is 0 Å². The van der Waals surface area contributed by atoms with E-state index in [0.717, 1.165) is 6.42 Å². The van der Waals surface area contributed by atoms with Crippen LogP contribution in [0.2, 0.25) is 0 Å². The van der Waals surface area contributed by atoms with Gasteiger partial charge in [-0.3, -0.25) is 0 Å². The zero-order valence-corrected chi connectivity index (χ0v) is 15.8. The van der Waals surface area contributed by atoms with E-state index in [1.807, 2.05) is 0 Å². The Kier molecular flexibility index (Phi) is 3.28. The lowest BCUT2D eigenvalue weighted by Gasteiger charge is -2.33. The first-order valence-electron chi connectivity index (χ1n) is 9.67. The maximum Gasteiger partial charge on any atom is 0.0719 e. The highest BCUT2D eigenvalue weighted by Crippen LogP contribution is 2.64. The van der Waals surface area contributed by atoms with Gasteiger partial charge in [0.05, 0.1) is 5.41 Å². The van der Waals surface area contributed by atoms with Crippen LogP contribution in [-0.4, -0.2) is 0 Å². The Morgan fingerprint density at radius 1 is 0.808 bits per heavy atom. The van der Waals surface area contributed by atoms with Crippen molar-refractivity contribution < 1.29 is 0 Å². The van der Waals surface area contributed by atoms with Gasteiger partial charge in [0, 0.05) is 0 Å². The number of allylic oxidation sites excluding steroid dienone is 8. The summed E-state index contributed by atoms with van der Waals surface area (Å²) in [5.41, 5.74) is 13.0. The minimum absolute atomic E-state index is 0.138. The molecule has 0 fully saturated rings. The predicted molar refractivity (Wildman–Crippen MR) is 111 cm³/mol. The summed E-state index contributed by atoms with van der Waals surface area (Å²) in [6.07, 6.45) is 9.45. The molecule has 0 nitrogen and oxygen atoms in total. The number of benzene rings is 2. The molecular weight excluding hydrogens is 312 g/mol. The second-order valence-corrected chi connectivity index (χ2v) is 7.63. The summed E-state index contributed by atoms with van der Waals surface area (Å²) in [5, 5.41) is 0. The van der Waals surface area contributed by atoms with Crippen LogP contribution in [0.1, 0.15) is 55.9 Å². The van der Waals surface area contributed by atoms with Crippen LogP contribution in [0.3, 0.4) is 0 Å². The van der Waals surface area contributed by atoms with Gasteiger partial charge >= 0.3 is 0 Å². The van der Waals surface area contributed by atoms with Crippen LogP contribution in [0.4, 0.5) is 0 Å². The topological polar surface area (TPSA) is 0 Å². The molecule has 0 heteroatoms. The number of hydrogen-bond donors (Lipinski definition) is 0. The minimum atomic E-state index is -0.138. The molecule has 0 saturated heterocycles. The van der Waals surface area contributed by atoms with E-state index in [4.69, 9.17) is 0 Å². The lowest BCUT2D eigenvalue weighted by molar-refractivity contribution is 0.775. The third-order valence-electron chi connectivity index (χ3n) is 6.44. The van der Waals surface area contributed by atoms with Crippen LogP contribution in [-0.2, 0) is 5.41 Å². The second kappa shape index (κ2) is 5.45. The molecule has 0 amide bonds. The van der Waals surface area contributed by atoms with Crippen molar-refractivity contribution in [2.24, 2.45) is 0 Å². The van der Waals surface area contributed by atoms with Crippen molar-refractivity contribution in [2.45, 2.75) is 39.0 Å².